The summed E-state index contributed by atoms with van der Waals surface area (Å²) in [6.07, 6.45) is 0. The molecule has 0 fully saturated rings. The number of hydrogen-bond donors (Lipinski definition) is 1. The molecule has 0 aromatic heterocycles. The van der Waals surface area contributed by atoms with Crippen molar-refractivity contribution in [3.63, 3.8) is 0 Å². The number of carbonyl (C=O) groups excluding carboxylic acids is 1. The molecule has 0 spiro atoms. The van der Waals surface area contributed by atoms with Crippen LogP contribution in [0.1, 0.15) is 18.1 Å². The highest BCUT2D eigenvalue weighted by molar-refractivity contribution is 9.10. The number of amides is 1. The number of nitrogens with one attached hydrogen (secondary N) is 1. The third-order valence-electron chi connectivity index (χ3n) is 3.30. The molecule has 0 heterocycles. The molecule has 0 aliphatic rings. The van der Waals surface area contributed by atoms with Gasteiger partial charge in [-0.25, -0.2) is 5.43 Å². The van der Waals surface area contributed by atoms with Crippen LogP contribution in [0.3, 0.4) is 0 Å². The first kappa shape index (κ1) is 18.6. The van der Waals surface area contributed by atoms with E-state index in [1.807, 2.05) is 31.2 Å². The Kier molecular flexibility index (Phi) is 6.24. The van der Waals surface area contributed by atoms with Crippen LogP contribution in [0.15, 0.2) is 52.0 Å². The summed E-state index contributed by atoms with van der Waals surface area (Å²) in [5, 5.41) is 14.7. The lowest BCUT2D eigenvalue weighted by molar-refractivity contribution is -0.384. The van der Waals surface area contributed by atoms with Gasteiger partial charge in [0, 0.05) is 12.1 Å². The van der Waals surface area contributed by atoms with Crippen LogP contribution in [0.5, 0.6) is 5.75 Å². The minimum Gasteiger partial charge on any atom is -0.483 e. The highest BCUT2D eigenvalue weighted by Crippen LogP contribution is 2.28. The molecule has 1 amide bonds. The Morgan fingerprint density at radius 3 is 2.56 bits per heavy atom. The smallest absolute Gasteiger partial charge is 0.277 e. The van der Waals surface area contributed by atoms with Crippen molar-refractivity contribution in [3.8, 4) is 5.75 Å². The van der Waals surface area contributed by atoms with Crippen LogP contribution in [0.25, 0.3) is 0 Å². The van der Waals surface area contributed by atoms with Gasteiger partial charge in [-0.05, 0) is 41.4 Å². The normalized spacial score (nSPS) is 11.1. The lowest BCUT2D eigenvalue weighted by atomic mass is 10.1. The summed E-state index contributed by atoms with van der Waals surface area (Å²) in [5.41, 5.74) is 5.07. The maximum Gasteiger partial charge on any atom is 0.277 e. The van der Waals surface area contributed by atoms with Gasteiger partial charge in [0.25, 0.3) is 11.6 Å². The van der Waals surface area contributed by atoms with Gasteiger partial charge < -0.3 is 4.74 Å². The van der Waals surface area contributed by atoms with E-state index in [-0.39, 0.29) is 12.3 Å². The molecule has 8 heteroatoms. The van der Waals surface area contributed by atoms with Gasteiger partial charge in [-0.2, -0.15) is 5.10 Å². The number of halogens is 1. The quantitative estimate of drug-likeness (QED) is 0.451. The Hall–Kier alpha value is -2.74. The van der Waals surface area contributed by atoms with Gasteiger partial charge in [0.15, 0.2) is 6.61 Å². The van der Waals surface area contributed by atoms with E-state index in [0.717, 1.165) is 11.1 Å². The first-order valence-electron chi connectivity index (χ1n) is 7.33. The molecule has 0 bridgehead atoms. The molecule has 0 saturated heterocycles. The van der Waals surface area contributed by atoms with Gasteiger partial charge in [0.1, 0.15) is 5.75 Å². The predicted molar refractivity (Wildman–Crippen MR) is 97.8 cm³/mol. The molecule has 0 unspecified atom stereocenters. The van der Waals surface area contributed by atoms with Gasteiger partial charge in [0.2, 0.25) is 0 Å². The van der Waals surface area contributed by atoms with E-state index in [4.69, 9.17) is 4.74 Å². The van der Waals surface area contributed by atoms with Gasteiger partial charge in [-0.1, -0.05) is 29.8 Å². The molecule has 0 aliphatic carbocycles. The fourth-order valence-corrected chi connectivity index (χ4v) is 2.38. The van der Waals surface area contributed by atoms with Gasteiger partial charge in [-0.15, -0.1) is 0 Å². The molecule has 0 saturated carbocycles. The number of non-ortho nitro benzene ring substituents is 1. The fraction of sp³-hybridized carbons (Fsp3) is 0.176. The van der Waals surface area contributed by atoms with E-state index in [9.17, 15) is 14.9 Å². The van der Waals surface area contributed by atoms with E-state index in [0.29, 0.717) is 15.9 Å². The summed E-state index contributed by atoms with van der Waals surface area (Å²) in [4.78, 5) is 22.0. The lowest BCUT2D eigenvalue weighted by Gasteiger charge is -2.07. The zero-order valence-electron chi connectivity index (χ0n) is 13.7. The maximum absolute atomic E-state index is 11.8. The topological polar surface area (TPSA) is 93.8 Å². The number of benzene rings is 2. The number of hydrogen-bond acceptors (Lipinski definition) is 5. The molecule has 7 nitrogen and oxygen atoms in total. The van der Waals surface area contributed by atoms with Gasteiger partial charge in [0.05, 0.1) is 15.1 Å². The van der Waals surface area contributed by atoms with Gasteiger partial charge in [-0.3, -0.25) is 14.9 Å². The highest BCUT2D eigenvalue weighted by Gasteiger charge is 2.11. The Balaban J connectivity index is 1.91. The van der Waals surface area contributed by atoms with Crippen molar-refractivity contribution < 1.29 is 14.5 Å². The number of ether oxygens (including phenoxy) is 1. The molecule has 2 rings (SSSR count). The fourth-order valence-electron chi connectivity index (χ4n) is 1.90. The zero-order chi connectivity index (χ0) is 18.4. The largest absolute Gasteiger partial charge is 0.483 e. The van der Waals surface area contributed by atoms with Crippen LogP contribution in [-0.4, -0.2) is 23.1 Å². The van der Waals surface area contributed by atoms with Crippen LogP contribution in [0.2, 0.25) is 0 Å². The van der Waals surface area contributed by atoms with Crippen molar-refractivity contribution in [3.05, 3.63) is 68.2 Å². The third-order valence-corrected chi connectivity index (χ3v) is 3.92. The van der Waals surface area contributed by atoms with Crippen molar-refractivity contribution in [1.29, 1.82) is 0 Å². The number of hydrazone groups is 1. The Bertz CT molecular complexity index is 819. The molecule has 2 aromatic carbocycles. The van der Waals surface area contributed by atoms with Crippen molar-refractivity contribution in [2.45, 2.75) is 13.8 Å². The van der Waals surface area contributed by atoms with Crippen molar-refractivity contribution in [1.82, 2.24) is 5.43 Å². The summed E-state index contributed by atoms with van der Waals surface area (Å²) in [7, 11) is 0. The first-order valence-corrected chi connectivity index (χ1v) is 8.13. The average Bonchev–Trinajstić information content (AvgIpc) is 2.59. The minimum atomic E-state index is -0.510. The molecular weight excluding hydrogens is 390 g/mol. The number of rotatable bonds is 6. The molecule has 25 heavy (non-hydrogen) atoms. The van der Waals surface area contributed by atoms with E-state index in [1.165, 1.54) is 18.2 Å². The summed E-state index contributed by atoms with van der Waals surface area (Å²) in [6.45, 7) is 3.52. The Morgan fingerprint density at radius 2 is 1.96 bits per heavy atom. The molecule has 0 radical (unpaired) electrons. The zero-order valence-corrected chi connectivity index (χ0v) is 15.2. The maximum atomic E-state index is 11.8. The lowest BCUT2D eigenvalue weighted by Crippen LogP contribution is -2.25. The van der Waals surface area contributed by atoms with Crippen LogP contribution >= 0.6 is 15.9 Å². The Morgan fingerprint density at radius 1 is 1.28 bits per heavy atom. The first-order chi connectivity index (χ1) is 11.9. The van der Waals surface area contributed by atoms with Crippen molar-refractivity contribution in [2.24, 2.45) is 5.10 Å². The van der Waals surface area contributed by atoms with Crippen LogP contribution in [-0.2, 0) is 4.79 Å². The molecule has 0 aliphatic heterocycles. The second-order valence-electron chi connectivity index (χ2n) is 5.26. The summed E-state index contributed by atoms with van der Waals surface area (Å²) in [5.74, 6) is -0.100. The monoisotopic (exact) mass is 405 g/mol. The number of nitrogens with zero attached hydrogens (tertiary/aromatic N) is 2. The molecule has 1 N–H and O–H groups in total. The van der Waals surface area contributed by atoms with Crippen molar-refractivity contribution >= 4 is 33.2 Å². The third kappa shape index (κ3) is 5.39. The predicted octanol–water partition coefficient (Wildman–Crippen LogP) is 3.58. The van der Waals surface area contributed by atoms with E-state index < -0.39 is 10.8 Å². The van der Waals surface area contributed by atoms with Crippen molar-refractivity contribution in [2.75, 3.05) is 6.61 Å². The van der Waals surface area contributed by atoms with Crippen LogP contribution in [0.4, 0.5) is 5.69 Å². The van der Waals surface area contributed by atoms with Crippen LogP contribution in [0, 0.1) is 17.0 Å². The van der Waals surface area contributed by atoms with Crippen LogP contribution < -0.4 is 10.2 Å². The highest BCUT2D eigenvalue weighted by atomic mass is 79.9. The summed E-state index contributed by atoms with van der Waals surface area (Å²) in [6, 6.07) is 11.8. The molecule has 0 atom stereocenters. The van der Waals surface area contributed by atoms with E-state index in [2.05, 4.69) is 26.5 Å². The average molecular weight is 406 g/mol. The second kappa shape index (κ2) is 8.39. The molecular formula is C17H16BrN3O4. The standard InChI is InChI=1S/C17H16BrN3O4/c1-11-3-5-13(6-4-11)12(2)19-20-17(22)10-25-16-8-7-14(21(23)24)9-15(16)18/h3-9H,10H2,1-2H3,(H,20,22)/b19-12+. The van der Waals surface area contributed by atoms with E-state index in [1.54, 1.807) is 6.92 Å². The molecule has 130 valence electrons. The number of aryl methyl sites for hydroxylation is 1. The van der Waals surface area contributed by atoms with E-state index >= 15 is 0 Å². The Labute approximate surface area is 153 Å². The van der Waals surface area contributed by atoms with Gasteiger partial charge >= 0.3 is 0 Å². The SMILES string of the molecule is C/C(=N\NC(=O)COc1ccc([N+](=O)[O-])cc1Br)c1ccc(C)cc1. The number of carbonyl (C=O) groups is 1. The molecule has 2 aromatic rings. The number of nitro groups is 1. The second-order valence-corrected chi connectivity index (χ2v) is 6.11. The minimum absolute atomic E-state index is 0.0676. The summed E-state index contributed by atoms with van der Waals surface area (Å²) < 4.78 is 5.73. The summed E-state index contributed by atoms with van der Waals surface area (Å²) >= 11 is 3.18. The number of nitro benzene ring substituents is 1.